The molecule has 186 valence electrons. The van der Waals surface area contributed by atoms with Crippen molar-refractivity contribution in [1.82, 2.24) is 4.90 Å². The summed E-state index contributed by atoms with van der Waals surface area (Å²) in [5.74, 6) is -0.690. The van der Waals surface area contributed by atoms with Crippen LogP contribution in [-0.4, -0.2) is 50.3 Å². The molecule has 0 bridgehead atoms. The first kappa shape index (κ1) is 25.8. The highest BCUT2D eigenvalue weighted by Crippen LogP contribution is 2.46. The Kier molecular flexibility index (Phi) is 8.08. The lowest BCUT2D eigenvalue weighted by Crippen LogP contribution is -2.49. The van der Waals surface area contributed by atoms with Gasteiger partial charge in [0.15, 0.2) is 0 Å². The minimum absolute atomic E-state index is 0.00841. The molecule has 7 heteroatoms. The van der Waals surface area contributed by atoms with Gasteiger partial charge in [0.2, 0.25) is 0 Å². The lowest BCUT2D eigenvalue weighted by atomic mass is 9.84. The molecule has 0 spiro atoms. The van der Waals surface area contributed by atoms with E-state index in [0.717, 1.165) is 19.3 Å². The van der Waals surface area contributed by atoms with Gasteiger partial charge in [0, 0.05) is 30.5 Å². The largest absolute Gasteiger partial charge is 0.508 e. The molecule has 34 heavy (non-hydrogen) atoms. The van der Waals surface area contributed by atoms with Gasteiger partial charge in [0.1, 0.15) is 17.1 Å². The molecule has 7 nitrogen and oxygen atoms in total. The minimum atomic E-state index is -0.895. The summed E-state index contributed by atoms with van der Waals surface area (Å²) in [6.45, 7) is 8.82. The Hall–Kier alpha value is -2.80. The number of hydrogen-bond donors (Lipinski definition) is 3. The number of aliphatic hydroxyl groups is 1. The molecule has 2 aliphatic rings. The van der Waals surface area contributed by atoms with Gasteiger partial charge < -0.3 is 25.0 Å². The number of carbonyl (C=O) groups is 2. The Labute approximate surface area is 201 Å². The predicted octanol–water partition coefficient (Wildman–Crippen LogP) is 4.74. The van der Waals surface area contributed by atoms with Crippen LogP contribution in [-0.2, 0) is 17.8 Å². The Bertz CT molecular complexity index is 1010. The van der Waals surface area contributed by atoms with Gasteiger partial charge in [-0.05, 0) is 65.9 Å². The second-order valence-corrected chi connectivity index (χ2v) is 10.00. The van der Waals surface area contributed by atoms with Crippen molar-refractivity contribution in [2.24, 2.45) is 0 Å². The monoisotopic (exact) mass is 471 g/mol. The van der Waals surface area contributed by atoms with Crippen LogP contribution in [0.15, 0.2) is 29.4 Å². The van der Waals surface area contributed by atoms with Crippen molar-refractivity contribution in [3.63, 3.8) is 0 Å². The maximum absolute atomic E-state index is 12.9. The summed E-state index contributed by atoms with van der Waals surface area (Å²) in [6.07, 6.45) is 7.60. The average molecular weight is 472 g/mol. The summed E-state index contributed by atoms with van der Waals surface area (Å²) in [5, 5.41) is 30.4. The molecule has 0 saturated heterocycles. The summed E-state index contributed by atoms with van der Waals surface area (Å²) in [7, 11) is 0. The van der Waals surface area contributed by atoms with Crippen LogP contribution in [0.3, 0.4) is 0 Å². The van der Waals surface area contributed by atoms with Gasteiger partial charge in [-0.25, -0.2) is 0 Å². The van der Waals surface area contributed by atoms with Crippen LogP contribution in [0.5, 0.6) is 11.5 Å². The third-order valence-corrected chi connectivity index (χ3v) is 6.81. The summed E-state index contributed by atoms with van der Waals surface area (Å²) >= 11 is 0. The highest BCUT2D eigenvalue weighted by Gasteiger charge is 2.44. The van der Waals surface area contributed by atoms with Crippen LogP contribution in [0.4, 0.5) is 0 Å². The number of ether oxygens (including phenoxy) is 1. The SMILES string of the molecule is CC(C)=CCC/C(C)=C/CC[C@]1(C)Oc2c(c(O)cc3c2CN(CCCC(=O)O)C3=O)C[C@@H]1O. The molecule has 3 N–H and O–H groups in total. The number of aromatic hydroxyl groups is 1. The molecule has 1 aromatic carbocycles. The zero-order valence-corrected chi connectivity index (χ0v) is 20.7. The van der Waals surface area contributed by atoms with Crippen LogP contribution >= 0.6 is 0 Å². The van der Waals surface area contributed by atoms with Crippen molar-refractivity contribution in [3.8, 4) is 11.5 Å². The number of amides is 1. The highest BCUT2D eigenvalue weighted by atomic mass is 16.5. The van der Waals surface area contributed by atoms with E-state index in [-0.39, 0.29) is 24.5 Å². The van der Waals surface area contributed by atoms with Crippen LogP contribution in [0.1, 0.15) is 87.7 Å². The van der Waals surface area contributed by atoms with Gasteiger partial charge in [-0.2, -0.15) is 0 Å². The Morgan fingerprint density at radius 2 is 1.94 bits per heavy atom. The molecule has 0 unspecified atom stereocenters. The van der Waals surface area contributed by atoms with Crippen molar-refractivity contribution in [3.05, 3.63) is 46.1 Å². The summed E-state index contributed by atoms with van der Waals surface area (Å²) in [5.41, 5.74) is 3.39. The number of carbonyl (C=O) groups excluding carboxylic acids is 1. The van der Waals surface area contributed by atoms with Crippen LogP contribution in [0.2, 0.25) is 0 Å². The smallest absolute Gasteiger partial charge is 0.303 e. The van der Waals surface area contributed by atoms with Gasteiger partial charge in [-0.3, -0.25) is 9.59 Å². The fourth-order valence-electron chi connectivity index (χ4n) is 4.66. The zero-order chi connectivity index (χ0) is 25.0. The molecule has 2 aliphatic heterocycles. The fraction of sp³-hybridized carbons (Fsp3) is 0.556. The molecule has 0 aliphatic carbocycles. The minimum Gasteiger partial charge on any atom is -0.508 e. The number of aliphatic hydroxyl groups excluding tert-OH is 1. The van der Waals surface area contributed by atoms with Crippen molar-refractivity contribution < 1.29 is 29.6 Å². The number of benzene rings is 1. The first-order chi connectivity index (χ1) is 16.0. The maximum Gasteiger partial charge on any atom is 0.303 e. The third kappa shape index (κ3) is 5.81. The number of allylic oxidation sites excluding steroid dienone is 4. The van der Waals surface area contributed by atoms with E-state index in [4.69, 9.17) is 9.84 Å². The molecule has 3 rings (SSSR count). The average Bonchev–Trinajstić information content (AvgIpc) is 3.05. The molecular weight excluding hydrogens is 434 g/mol. The van der Waals surface area contributed by atoms with Crippen molar-refractivity contribution in [1.29, 1.82) is 0 Å². The first-order valence-corrected chi connectivity index (χ1v) is 12.1. The van der Waals surface area contributed by atoms with Crippen molar-refractivity contribution >= 4 is 11.9 Å². The lowest BCUT2D eigenvalue weighted by molar-refractivity contribution is -0.137. The quantitative estimate of drug-likeness (QED) is 0.426. The van der Waals surface area contributed by atoms with E-state index in [1.54, 1.807) is 4.90 Å². The summed E-state index contributed by atoms with van der Waals surface area (Å²) in [6, 6.07) is 1.45. The number of aliphatic carboxylic acids is 1. The first-order valence-electron chi connectivity index (χ1n) is 12.1. The number of hydrogen-bond acceptors (Lipinski definition) is 5. The number of nitrogens with zero attached hydrogens (tertiary/aromatic N) is 1. The molecule has 0 saturated carbocycles. The zero-order valence-electron chi connectivity index (χ0n) is 20.7. The van der Waals surface area contributed by atoms with Crippen LogP contribution < -0.4 is 4.74 Å². The number of phenolic OH excluding ortho intramolecular Hbond substituents is 1. The summed E-state index contributed by atoms with van der Waals surface area (Å²) < 4.78 is 6.37. The molecule has 0 aromatic heterocycles. The van der Waals surface area contributed by atoms with Gasteiger partial charge in [0.25, 0.3) is 5.91 Å². The molecule has 1 amide bonds. The Balaban J connectivity index is 1.74. The van der Waals surface area contributed by atoms with Gasteiger partial charge in [-0.1, -0.05) is 23.3 Å². The highest BCUT2D eigenvalue weighted by molar-refractivity contribution is 6.00. The molecule has 0 radical (unpaired) electrons. The van der Waals surface area contributed by atoms with E-state index in [9.17, 15) is 19.8 Å². The number of rotatable bonds is 10. The normalized spacial score (nSPS) is 21.7. The maximum atomic E-state index is 12.9. The second kappa shape index (κ2) is 10.6. The number of fused-ring (bicyclic) bond motifs is 3. The molecule has 2 heterocycles. The molecule has 2 atom stereocenters. The van der Waals surface area contributed by atoms with E-state index in [1.807, 2.05) is 6.92 Å². The summed E-state index contributed by atoms with van der Waals surface area (Å²) in [4.78, 5) is 25.3. The number of carboxylic acid groups (broad SMARTS) is 1. The Morgan fingerprint density at radius 3 is 2.62 bits per heavy atom. The topological polar surface area (TPSA) is 107 Å². The molecule has 1 aromatic rings. The standard InChI is InChI=1S/C27H37NO6/c1-17(2)8-5-9-18(3)10-6-12-27(4)23(30)15-20-22(29)14-19-21(25(20)34-27)16-28(26(19)33)13-7-11-24(31)32/h8,10,14,23,29-30H,5-7,9,11-13,15-16H2,1-4H3,(H,31,32)/b18-10+/t23-,27-/m0/s1. The van der Waals surface area contributed by atoms with E-state index in [2.05, 4.69) is 32.9 Å². The van der Waals surface area contributed by atoms with Crippen LogP contribution in [0.25, 0.3) is 0 Å². The lowest BCUT2D eigenvalue weighted by Gasteiger charge is -2.40. The van der Waals surface area contributed by atoms with Crippen molar-refractivity contribution in [2.75, 3.05) is 6.54 Å². The fourth-order valence-corrected chi connectivity index (χ4v) is 4.66. The van der Waals surface area contributed by atoms with E-state index < -0.39 is 17.7 Å². The molecular formula is C27H37NO6. The third-order valence-electron chi connectivity index (χ3n) is 6.81. The molecule has 0 fully saturated rings. The predicted molar refractivity (Wildman–Crippen MR) is 130 cm³/mol. The van der Waals surface area contributed by atoms with Crippen LogP contribution in [0, 0.1) is 0 Å². The Morgan fingerprint density at radius 1 is 1.21 bits per heavy atom. The van der Waals surface area contributed by atoms with E-state index in [0.29, 0.717) is 48.4 Å². The van der Waals surface area contributed by atoms with Gasteiger partial charge in [0.05, 0.1) is 18.2 Å². The van der Waals surface area contributed by atoms with E-state index >= 15 is 0 Å². The van der Waals surface area contributed by atoms with Gasteiger partial charge >= 0.3 is 5.97 Å². The van der Waals surface area contributed by atoms with Gasteiger partial charge in [-0.15, -0.1) is 0 Å². The second-order valence-electron chi connectivity index (χ2n) is 10.00. The van der Waals surface area contributed by atoms with Crippen molar-refractivity contribution in [2.45, 2.75) is 90.9 Å². The number of carboxylic acids is 1. The number of phenols is 1. The van der Waals surface area contributed by atoms with E-state index in [1.165, 1.54) is 17.2 Å².